The van der Waals surface area contributed by atoms with Gasteiger partial charge in [-0.05, 0) is 44.5 Å². The molecule has 0 spiro atoms. The zero-order valence-corrected chi connectivity index (χ0v) is 16.1. The second-order valence-electron chi connectivity index (χ2n) is 7.42. The standard InChI is InChI=1S/C20H28N4O3/c1-15-4-3-5-16-18(15)23-14-24(19(16)26)11-6-17(25)22-12-20(13-27-2)7-9-21-10-8-20/h3-5,14,21H,6-13H2,1-2H3,(H,22,25). The van der Waals surface area contributed by atoms with Crippen molar-refractivity contribution in [2.24, 2.45) is 5.41 Å². The number of hydrogen-bond acceptors (Lipinski definition) is 5. The number of amides is 1. The van der Waals surface area contributed by atoms with E-state index in [1.165, 1.54) is 10.9 Å². The molecule has 0 saturated carbocycles. The molecule has 146 valence electrons. The molecule has 0 atom stereocenters. The number of piperidine rings is 1. The summed E-state index contributed by atoms with van der Waals surface area (Å²) in [7, 11) is 1.70. The van der Waals surface area contributed by atoms with Crippen molar-refractivity contribution < 1.29 is 9.53 Å². The van der Waals surface area contributed by atoms with E-state index in [2.05, 4.69) is 15.6 Å². The van der Waals surface area contributed by atoms with Crippen LogP contribution >= 0.6 is 0 Å². The van der Waals surface area contributed by atoms with Gasteiger partial charge in [0.05, 0.1) is 23.8 Å². The molecule has 1 aromatic heterocycles. The van der Waals surface area contributed by atoms with E-state index < -0.39 is 0 Å². The summed E-state index contributed by atoms with van der Waals surface area (Å²) in [5, 5.41) is 6.96. The summed E-state index contributed by atoms with van der Waals surface area (Å²) in [5.74, 6) is -0.0553. The average Bonchev–Trinajstić information content (AvgIpc) is 2.67. The number of carbonyl (C=O) groups is 1. The lowest BCUT2D eigenvalue weighted by molar-refractivity contribution is -0.122. The van der Waals surface area contributed by atoms with Crippen molar-refractivity contribution in [2.45, 2.75) is 32.7 Å². The number of fused-ring (bicyclic) bond motifs is 1. The number of hydrogen-bond donors (Lipinski definition) is 2. The number of aryl methyl sites for hydroxylation is 2. The van der Waals surface area contributed by atoms with Gasteiger partial charge in [0.15, 0.2) is 0 Å². The van der Waals surface area contributed by atoms with Crippen LogP contribution in [0.15, 0.2) is 29.3 Å². The average molecular weight is 372 g/mol. The maximum absolute atomic E-state index is 12.6. The van der Waals surface area contributed by atoms with Crippen molar-refractivity contribution in [3.05, 3.63) is 40.4 Å². The number of rotatable bonds is 7. The van der Waals surface area contributed by atoms with Crippen LogP contribution < -0.4 is 16.2 Å². The monoisotopic (exact) mass is 372 g/mol. The predicted octanol–water partition coefficient (Wildman–Crippen LogP) is 1.23. The summed E-state index contributed by atoms with van der Waals surface area (Å²) in [6.07, 6.45) is 3.74. The van der Waals surface area contributed by atoms with Gasteiger partial charge in [0, 0.05) is 32.0 Å². The first kappa shape index (κ1) is 19.5. The van der Waals surface area contributed by atoms with Crippen LogP contribution in [0, 0.1) is 12.3 Å². The van der Waals surface area contributed by atoms with E-state index in [1.54, 1.807) is 13.2 Å². The minimum atomic E-state index is -0.106. The Labute approximate surface area is 159 Å². The van der Waals surface area contributed by atoms with Gasteiger partial charge in [0.25, 0.3) is 5.56 Å². The van der Waals surface area contributed by atoms with E-state index in [0.29, 0.717) is 25.1 Å². The van der Waals surface area contributed by atoms with Gasteiger partial charge in [-0.2, -0.15) is 0 Å². The summed E-state index contributed by atoms with van der Waals surface area (Å²) in [6.45, 7) is 5.38. The van der Waals surface area contributed by atoms with E-state index in [9.17, 15) is 9.59 Å². The van der Waals surface area contributed by atoms with Gasteiger partial charge in [-0.3, -0.25) is 14.2 Å². The van der Waals surface area contributed by atoms with Crippen molar-refractivity contribution in [3.8, 4) is 0 Å². The van der Waals surface area contributed by atoms with Crippen molar-refractivity contribution >= 4 is 16.8 Å². The molecule has 0 aliphatic carbocycles. The third-order valence-electron chi connectivity index (χ3n) is 5.41. The number of nitrogens with one attached hydrogen (secondary N) is 2. The number of benzene rings is 1. The lowest BCUT2D eigenvalue weighted by Gasteiger charge is -2.37. The number of ether oxygens (including phenoxy) is 1. The molecule has 2 aromatic rings. The first-order chi connectivity index (χ1) is 13.0. The molecule has 27 heavy (non-hydrogen) atoms. The van der Waals surface area contributed by atoms with E-state index in [4.69, 9.17) is 4.74 Å². The van der Waals surface area contributed by atoms with Crippen LogP contribution in [-0.4, -0.2) is 48.8 Å². The number of methoxy groups -OCH3 is 1. The molecule has 1 saturated heterocycles. The van der Waals surface area contributed by atoms with Crippen molar-refractivity contribution in [2.75, 3.05) is 33.4 Å². The highest BCUT2D eigenvalue weighted by molar-refractivity contribution is 5.80. The molecular formula is C20H28N4O3. The summed E-state index contributed by atoms with van der Waals surface area (Å²) >= 11 is 0. The highest BCUT2D eigenvalue weighted by Gasteiger charge is 2.32. The van der Waals surface area contributed by atoms with Crippen LogP contribution in [0.3, 0.4) is 0 Å². The topological polar surface area (TPSA) is 85.2 Å². The Morgan fingerprint density at radius 1 is 1.37 bits per heavy atom. The maximum atomic E-state index is 12.6. The predicted molar refractivity (Wildman–Crippen MR) is 105 cm³/mol. The van der Waals surface area contributed by atoms with Crippen LogP contribution in [0.25, 0.3) is 10.9 Å². The lowest BCUT2D eigenvalue weighted by Crippen LogP contribution is -2.47. The highest BCUT2D eigenvalue weighted by Crippen LogP contribution is 2.28. The fourth-order valence-corrected chi connectivity index (χ4v) is 3.73. The smallest absolute Gasteiger partial charge is 0.261 e. The molecule has 0 radical (unpaired) electrons. The van der Waals surface area contributed by atoms with Gasteiger partial charge in [-0.15, -0.1) is 0 Å². The molecule has 1 amide bonds. The quantitative estimate of drug-likeness (QED) is 0.764. The zero-order chi connectivity index (χ0) is 19.3. The molecule has 1 aromatic carbocycles. The molecule has 1 aliphatic heterocycles. The first-order valence-corrected chi connectivity index (χ1v) is 9.46. The minimum absolute atomic E-state index is 0.00543. The number of aromatic nitrogens is 2. The van der Waals surface area contributed by atoms with E-state index in [0.717, 1.165) is 37.0 Å². The van der Waals surface area contributed by atoms with Crippen molar-refractivity contribution in [1.29, 1.82) is 0 Å². The first-order valence-electron chi connectivity index (χ1n) is 9.46. The Morgan fingerprint density at radius 3 is 2.89 bits per heavy atom. The molecular weight excluding hydrogens is 344 g/mol. The number of para-hydroxylation sites is 1. The molecule has 2 heterocycles. The van der Waals surface area contributed by atoms with Crippen molar-refractivity contribution in [3.63, 3.8) is 0 Å². The third kappa shape index (κ3) is 4.54. The van der Waals surface area contributed by atoms with Crippen LogP contribution in [0.4, 0.5) is 0 Å². The van der Waals surface area contributed by atoms with Crippen LogP contribution in [-0.2, 0) is 16.1 Å². The van der Waals surface area contributed by atoms with Gasteiger partial charge >= 0.3 is 0 Å². The van der Waals surface area contributed by atoms with Gasteiger partial charge in [0.2, 0.25) is 5.91 Å². The van der Waals surface area contributed by atoms with Gasteiger partial charge in [-0.1, -0.05) is 12.1 Å². The Kier molecular flexibility index (Phi) is 6.23. The molecule has 0 bridgehead atoms. The summed E-state index contributed by atoms with van der Waals surface area (Å²) in [4.78, 5) is 29.3. The second kappa shape index (κ2) is 8.63. The van der Waals surface area contributed by atoms with Crippen molar-refractivity contribution in [1.82, 2.24) is 20.2 Å². The molecule has 1 aliphatic rings. The van der Waals surface area contributed by atoms with Gasteiger partial charge < -0.3 is 15.4 Å². The summed E-state index contributed by atoms with van der Waals surface area (Å²) in [5.41, 5.74) is 1.58. The van der Waals surface area contributed by atoms with E-state index in [1.807, 2.05) is 19.1 Å². The molecule has 7 nitrogen and oxygen atoms in total. The molecule has 1 fully saturated rings. The maximum Gasteiger partial charge on any atom is 0.261 e. The Morgan fingerprint density at radius 2 is 2.15 bits per heavy atom. The Balaban J connectivity index is 1.60. The van der Waals surface area contributed by atoms with Crippen LogP contribution in [0.2, 0.25) is 0 Å². The largest absolute Gasteiger partial charge is 0.384 e. The number of carbonyl (C=O) groups excluding carboxylic acids is 1. The SMILES string of the molecule is COCC1(CNC(=O)CCn2cnc3c(C)cccc3c2=O)CCNCC1. The molecule has 7 heteroatoms. The zero-order valence-electron chi connectivity index (χ0n) is 16.1. The molecule has 0 unspecified atom stereocenters. The van der Waals surface area contributed by atoms with Gasteiger partial charge in [-0.25, -0.2) is 4.98 Å². The second-order valence-corrected chi connectivity index (χ2v) is 7.42. The lowest BCUT2D eigenvalue weighted by atomic mass is 9.79. The fourth-order valence-electron chi connectivity index (χ4n) is 3.73. The summed E-state index contributed by atoms with van der Waals surface area (Å²) < 4.78 is 6.89. The summed E-state index contributed by atoms with van der Waals surface area (Å²) in [6, 6.07) is 5.56. The van der Waals surface area contributed by atoms with Crippen LogP contribution in [0.1, 0.15) is 24.8 Å². The highest BCUT2D eigenvalue weighted by atomic mass is 16.5. The number of nitrogens with zero attached hydrogens (tertiary/aromatic N) is 2. The van der Waals surface area contributed by atoms with Crippen LogP contribution in [0.5, 0.6) is 0 Å². The fraction of sp³-hybridized carbons (Fsp3) is 0.550. The minimum Gasteiger partial charge on any atom is -0.384 e. The third-order valence-corrected chi connectivity index (χ3v) is 5.41. The van der Waals surface area contributed by atoms with E-state index in [-0.39, 0.29) is 23.3 Å². The molecule has 3 rings (SSSR count). The Hall–Kier alpha value is -2.25. The molecule has 2 N–H and O–H groups in total. The van der Waals surface area contributed by atoms with Gasteiger partial charge in [0.1, 0.15) is 0 Å². The normalized spacial score (nSPS) is 16.4. The van der Waals surface area contributed by atoms with E-state index >= 15 is 0 Å². The Bertz CT molecular complexity index is 850.